The molecule has 0 bridgehead atoms. The van der Waals surface area contributed by atoms with Crippen LogP contribution in [0, 0.1) is 0 Å². The fourth-order valence-corrected chi connectivity index (χ4v) is 1.41. The van der Waals surface area contributed by atoms with Gasteiger partial charge >= 0.3 is 5.97 Å². The molecule has 0 heterocycles. The highest BCUT2D eigenvalue weighted by Crippen LogP contribution is 2.27. The first kappa shape index (κ1) is 11.4. The van der Waals surface area contributed by atoms with Crippen molar-refractivity contribution in [2.45, 2.75) is 31.2 Å². The molecule has 1 aliphatic rings. The SMILES string of the molecule is CN.COC(=O)C1(N)CCCC1. The number of ether oxygens (including phenoxy) is 1. The van der Waals surface area contributed by atoms with Crippen molar-refractivity contribution >= 4 is 5.97 Å². The summed E-state index contributed by atoms with van der Waals surface area (Å²) in [6.45, 7) is 0. The lowest BCUT2D eigenvalue weighted by molar-refractivity contribution is -0.146. The van der Waals surface area contributed by atoms with Gasteiger partial charge in [0.1, 0.15) is 5.54 Å². The quantitative estimate of drug-likeness (QED) is 0.549. The Kier molecular flexibility index (Phi) is 4.85. The Morgan fingerprint density at radius 2 is 1.75 bits per heavy atom. The molecule has 4 nitrogen and oxygen atoms in total. The van der Waals surface area contributed by atoms with Crippen LogP contribution in [0.3, 0.4) is 0 Å². The van der Waals surface area contributed by atoms with Crippen LogP contribution in [0.1, 0.15) is 25.7 Å². The Bertz CT molecular complexity index is 142. The lowest BCUT2D eigenvalue weighted by atomic mass is 10.0. The van der Waals surface area contributed by atoms with E-state index < -0.39 is 5.54 Å². The van der Waals surface area contributed by atoms with Gasteiger partial charge in [-0.15, -0.1) is 0 Å². The summed E-state index contributed by atoms with van der Waals surface area (Å²) in [4.78, 5) is 11.0. The highest BCUT2D eigenvalue weighted by atomic mass is 16.5. The maximum Gasteiger partial charge on any atom is 0.325 e. The van der Waals surface area contributed by atoms with E-state index in [1.807, 2.05) is 0 Å². The van der Waals surface area contributed by atoms with Crippen LogP contribution in [-0.2, 0) is 9.53 Å². The molecular weight excluding hydrogens is 156 g/mol. The largest absolute Gasteiger partial charge is 0.468 e. The Hall–Kier alpha value is -0.610. The van der Waals surface area contributed by atoms with Gasteiger partial charge in [0.25, 0.3) is 0 Å². The lowest BCUT2D eigenvalue weighted by Gasteiger charge is -2.18. The van der Waals surface area contributed by atoms with Crippen molar-refractivity contribution in [1.82, 2.24) is 0 Å². The van der Waals surface area contributed by atoms with E-state index in [0.717, 1.165) is 25.7 Å². The minimum atomic E-state index is -0.658. The van der Waals surface area contributed by atoms with Crippen molar-refractivity contribution in [3.63, 3.8) is 0 Å². The smallest absolute Gasteiger partial charge is 0.325 e. The average Bonchev–Trinajstić information content (AvgIpc) is 2.55. The summed E-state index contributed by atoms with van der Waals surface area (Å²) in [6.07, 6.45) is 3.65. The molecule has 1 saturated carbocycles. The molecular formula is C8H18N2O2. The topological polar surface area (TPSA) is 78.3 Å². The Morgan fingerprint density at radius 3 is 2.08 bits per heavy atom. The Labute approximate surface area is 73.2 Å². The van der Waals surface area contributed by atoms with Gasteiger partial charge in [-0.25, -0.2) is 0 Å². The molecule has 0 radical (unpaired) electrons. The first-order valence-corrected chi connectivity index (χ1v) is 4.14. The van der Waals surface area contributed by atoms with Gasteiger partial charge in [0.15, 0.2) is 0 Å². The predicted octanol–water partition coefficient (Wildman–Crippen LogP) is 0.00580. The number of rotatable bonds is 1. The molecule has 1 fully saturated rings. The molecule has 0 aromatic carbocycles. The van der Waals surface area contributed by atoms with Gasteiger partial charge in [-0.1, -0.05) is 12.8 Å². The zero-order valence-electron chi connectivity index (χ0n) is 7.80. The molecule has 0 atom stereocenters. The molecule has 0 aromatic heterocycles. The van der Waals surface area contributed by atoms with Crippen molar-refractivity contribution in [2.24, 2.45) is 11.5 Å². The van der Waals surface area contributed by atoms with Crippen LogP contribution >= 0.6 is 0 Å². The zero-order valence-corrected chi connectivity index (χ0v) is 7.80. The van der Waals surface area contributed by atoms with E-state index >= 15 is 0 Å². The van der Waals surface area contributed by atoms with Gasteiger partial charge < -0.3 is 16.2 Å². The number of carbonyl (C=O) groups excluding carboxylic acids is 1. The first-order valence-electron chi connectivity index (χ1n) is 4.14. The van der Waals surface area contributed by atoms with Gasteiger partial charge in [0, 0.05) is 0 Å². The molecule has 12 heavy (non-hydrogen) atoms. The van der Waals surface area contributed by atoms with Gasteiger partial charge in [-0.2, -0.15) is 0 Å². The van der Waals surface area contributed by atoms with E-state index in [9.17, 15) is 4.79 Å². The molecule has 4 heteroatoms. The zero-order chi connectivity index (χ0) is 9.61. The number of carbonyl (C=O) groups is 1. The summed E-state index contributed by atoms with van der Waals surface area (Å²) in [6, 6.07) is 0. The van der Waals surface area contributed by atoms with Crippen LogP contribution in [0.2, 0.25) is 0 Å². The third-order valence-electron chi connectivity index (χ3n) is 2.09. The second-order valence-corrected chi connectivity index (χ2v) is 2.85. The highest BCUT2D eigenvalue weighted by molar-refractivity contribution is 5.80. The molecule has 1 aliphatic carbocycles. The Balaban J connectivity index is 0.000000561. The molecule has 72 valence electrons. The van der Waals surface area contributed by atoms with E-state index in [-0.39, 0.29) is 5.97 Å². The summed E-state index contributed by atoms with van der Waals surface area (Å²) in [7, 11) is 2.88. The van der Waals surface area contributed by atoms with E-state index in [2.05, 4.69) is 10.5 Å². The van der Waals surface area contributed by atoms with Crippen LogP contribution in [0.5, 0.6) is 0 Å². The van der Waals surface area contributed by atoms with Crippen molar-refractivity contribution in [2.75, 3.05) is 14.2 Å². The van der Waals surface area contributed by atoms with Crippen LogP contribution in [-0.4, -0.2) is 25.7 Å². The molecule has 0 unspecified atom stereocenters. The molecule has 0 amide bonds. The van der Waals surface area contributed by atoms with E-state index in [1.54, 1.807) is 0 Å². The Morgan fingerprint density at radius 1 is 1.33 bits per heavy atom. The monoisotopic (exact) mass is 174 g/mol. The fraction of sp³-hybridized carbons (Fsp3) is 0.875. The molecule has 1 rings (SSSR count). The number of nitrogens with two attached hydrogens (primary N) is 2. The summed E-state index contributed by atoms with van der Waals surface area (Å²) in [5.74, 6) is -0.259. The van der Waals surface area contributed by atoms with Gasteiger partial charge in [0.2, 0.25) is 0 Å². The highest BCUT2D eigenvalue weighted by Gasteiger charge is 2.37. The summed E-state index contributed by atoms with van der Waals surface area (Å²) in [5.41, 5.74) is 9.58. The molecule has 0 aliphatic heterocycles. The maximum atomic E-state index is 11.0. The summed E-state index contributed by atoms with van der Waals surface area (Å²) in [5, 5.41) is 0. The van der Waals surface area contributed by atoms with Gasteiger partial charge in [0.05, 0.1) is 7.11 Å². The standard InChI is InChI=1S/C7H13NO2.CH5N/c1-10-6(9)7(8)4-2-3-5-7;1-2/h2-5,8H2,1H3;2H2,1H3. The first-order chi connectivity index (χ1) is 5.69. The second kappa shape index (κ2) is 5.11. The average molecular weight is 174 g/mol. The van der Waals surface area contributed by atoms with Crippen molar-refractivity contribution < 1.29 is 9.53 Å². The van der Waals surface area contributed by atoms with E-state index in [1.165, 1.54) is 14.2 Å². The third kappa shape index (κ3) is 2.46. The van der Waals surface area contributed by atoms with Crippen molar-refractivity contribution in [3.05, 3.63) is 0 Å². The van der Waals surface area contributed by atoms with Crippen LogP contribution in [0.4, 0.5) is 0 Å². The van der Waals surface area contributed by atoms with Crippen LogP contribution < -0.4 is 11.5 Å². The summed E-state index contributed by atoms with van der Waals surface area (Å²) >= 11 is 0. The maximum absolute atomic E-state index is 11.0. The number of methoxy groups -OCH3 is 1. The lowest BCUT2D eigenvalue weighted by Crippen LogP contribution is -2.45. The van der Waals surface area contributed by atoms with Crippen LogP contribution in [0.25, 0.3) is 0 Å². The minimum Gasteiger partial charge on any atom is -0.468 e. The van der Waals surface area contributed by atoms with E-state index in [0.29, 0.717) is 0 Å². The third-order valence-corrected chi connectivity index (χ3v) is 2.09. The van der Waals surface area contributed by atoms with Gasteiger partial charge in [-0.3, -0.25) is 4.79 Å². The molecule has 0 aromatic rings. The molecule has 0 saturated heterocycles. The molecule has 4 N–H and O–H groups in total. The number of esters is 1. The van der Waals surface area contributed by atoms with Gasteiger partial charge in [-0.05, 0) is 19.9 Å². The minimum absolute atomic E-state index is 0.259. The molecule has 0 spiro atoms. The fourth-order valence-electron chi connectivity index (χ4n) is 1.41. The van der Waals surface area contributed by atoms with Crippen molar-refractivity contribution in [3.8, 4) is 0 Å². The second-order valence-electron chi connectivity index (χ2n) is 2.85. The van der Waals surface area contributed by atoms with Crippen molar-refractivity contribution in [1.29, 1.82) is 0 Å². The normalized spacial score (nSPS) is 19.3. The number of hydrogen-bond acceptors (Lipinski definition) is 4. The van der Waals surface area contributed by atoms with Crippen LogP contribution in [0.15, 0.2) is 0 Å². The van der Waals surface area contributed by atoms with E-state index in [4.69, 9.17) is 5.73 Å². The summed E-state index contributed by atoms with van der Waals surface area (Å²) < 4.78 is 4.57. The predicted molar refractivity (Wildman–Crippen MR) is 47.5 cm³/mol. The number of hydrogen-bond donors (Lipinski definition) is 2.